The molecule has 0 aromatic carbocycles. The summed E-state index contributed by atoms with van der Waals surface area (Å²) in [6.45, 7) is 6.50. The molecule has 0 spiro atoms. The first kappa shape index (κ1) is 13.0. The Kier molecular flexibility index (Phi) is 7.99. The molecule has 0 atom stereocenters. The lowest BCUT2D eigenvalue weighted by Crippen LogP contribution is -2.31. The molecule has 0 saturated heterocycles. The van der Waals surface area contributed by atoms with Crippen LogP contribution in [0.25, 0.3) is 0 Å². The van der Waals surface area contributed by atoms with Crippen LogP contribution in [0, 0.1) is 0 Å². The first-order valence-corrected chi connectivity index (χ1v) is 5.40. The van der Waals surface area contributed by atoms with Gasteiger partial charge in [0.1, 0.15) is 5.84 Å². The van der Waals surface area contributed by atoms with Crippen LogP contribution in [0.15, 0.2) is 17.3 Å². The van der Waals surface area contributed by atoms with Gasteiger partial charge in [-0.15, -0.1) is 0 Å². The largest absolute Gasteiger partial charge is 0.404 e. The number of unbranched alkanes of at least 4 members (excludes halogenated alkanes) is 1. The van der Waals surface area contributed by atoms with Crippen molar-refractivity contribution in [3.8, 4) is 0 Å². The topological polar surface area (TPSA) is 41.6 Å². The highest BCUT2D eigenvalue weighted by atomic mass is 15.2. The molecule has 0 aromatic rings. The number of hydrogen-bond acceptors (Lipinski definition) is 2. The lowest BCUT2D eigenvalue weighted by atomic mass is 10.3. The van der Waals surface area contributed by atoms with E-state index in [1.54, 1.807) is 6.20 Å². The van der Waals surface area contributed by atoms with E-state index in [2.05, 4.69) is 23.7 Å². The monoisotopic (exact) mass is 197 g/mol. The molecule has 0 unspecified atom stereocenters. The van der Waals surface area contributed by atoms with E-state index < -0.39 is 0 Å². The Morgan fingerprint density at radius 3 is 2.43 bits per heavy atom. The van der Waals surface area contributed by atoms with Crippen molar-refractivity contribution in [2.45, 2.75) is 33.1 Å². The zero-order valence-electron chi connectivity index (χ0n) is 9.66. The average molecular weight is 197 g/mol. The van der Waals surface area contributed by atoms with Crippen molar-refractivity contribution in [2.75, 3.05) is 20.1 Å². The second kappa shape index (κ2) is 8.60. The fourth-order valence-corrected chi connectivity index (χ4v) is 1.37. The molecule has 0 fully saturated rings. The Morgan fingerprint density at radius 1 is 1.29 bits per heavy atom. The molecule has 0 rings (SSSR count). The third kappa shape index (κ3) is 4.90. The Labute approximate surface area is 87.7 Å². The Balaban J connectivity index is 4.28. The van der Waals surface area contributed by atoms with Gasteiger partial charge in [0.25, 0.3) is 0 Å². The van der Waals surface area contributed by atoms with Gasteiger partial charge in [-0.05, 0) is 25.1 Å². The SMILES string of the molecule is CCCCN(CCC)C(C=CN)=NC. The minimum atomic E-state index is 0.989. The maximum Gasteiger partial charge on any atom is 0.124 e. The zero-order valence-corrected chi connectivity index (χ0v) is 9.66. The first-order chi connectivity index (χ1) is 6.79. The summed E-state index contributed by atoms with van der Waals surface area (Å²) in [5, 5.41) is 0. The van der Waals surface area contributed by atoms with Crippen LogP contribution in [0.1, 0.15) is 33.1 Å². The third-order valence-electron chi connectivity index (χ3n) is 2.07. The van der Waals surface area contributed by atoms with Crippen molar-refractivity contribution in [1.29, 1.82) is 0 Å². The second-order valence-corrected chi connectivity index (χ2v) is 3.28. The lowest BCUT2D eigenvalue weighted by molar-refractivity contribution is 0.408. The number of nitrogens with two attached hydrogens (primary N) is 1. The number of aliphatic imine (C=N–C) groups is 1. The summed E-state index contributed by atoms with van der Waals surface area (Å²) in [5.74, 6) is 0.989. The predicted octanol–water partition coefficient (Wildman–Crippen LogP) is 2.00. The number of rotatable bonds is 6. The van der Waals surface area contributed by atoms with Crippen molar-refractivity contribution in [1.82, 2.24) is 4.90 Å². The fourth-order valence-electron chi connectivity index (χ4n) is 1.37. The van der Waals surface area contributed by atoms with E-state index in [0.717, 1.165) is 25.3 Å². The van der Waals surface area contributed by atoms with Crippen LogP contribution in [-0.2, 0) is 0 Å². The Hall–Kier alpha value is -0.990. The van der Waals surface area contributed by atoms with Gasteiger partial charge in [0, 0.05) is 20.1 Å². The van der Waals surface area contributed by atoms with Crippen LogP contribution in [-0.4, -0.2) is 30.9 Å². The van der Waals surface area contributed by atoms with Gasteiger partial charge in [0.2, 0.25) is 0 Å². The molecule has 0 radical (unpaired) electrons. The van der Waals surface area contributed by atoms with Crippen molar-refractivity contribution >= 4 is 5.84 Å². The molecule has 0 aliphatic carbocycles. The third-order valence-corrected chi connectivity index (χ3v) is 2.07. The maximum absolute atomic E-state index is 5.38. The van der Waals surface area contributed by atoms with Gasteiger partial charge in [-0.2, -0.15) is 0 Å². The highest BCUT2D eigenvalue weighted by Gasteiger charge is 2.05. The normalized spacial score (nSPS) is 12.4. The number of hydrogen-bond donors (Lipinski definition) is 1. The molecule has 2 N–H and O–H groups in total. The standard InChI is InChI=1S/C11H23N3/c1-4-6-10-14(9-5-2)11(13-3)7-8-12/h7-8H,4-6,9-10,12H2,1-3H3. The Bertz CT molecular complexity index is 185. The average Bonchev–Trinajstić information content (AvgIpc) is 2.21. The molecule has 0 heterocycles. The van der Waals surface area contributed by atoms with E-state index in [1.807, 2.05) is 13.1 Å². The summed E-state index contributed by atoms with van der Waals surface area (Å²) >= 11 is 0. The first-order valence-electron chi connectivity index (χ1n) is 5.40. The molecule has 82 valence electrons. The van der Waals surface area contributed by atoms with Gasteiger partial charge < -0.3 is 10.6 Å². The molecule has 0 saturated carbocycles. The lowest BCUT2D eigenvalue weighted by Gasteiger charge is -2.23. The van der Waals surface area contributed by atoms with Crippen LogP contribution in [0.5, 0.6) is 0 Å². The van der Waals surface area contributed by atoms with E-state index in [1.165, 1.54) is 12.8 Å². The summed E-state index contributed by atoms with van der Waals surface area (Å²) in [6, 6.07) is 0. The van der Waals surface area contributed by atoms with E-state index in [0.29, 0.717) is 0 Å². The van der Waals surface area contributed by atoms with Crippen LogP contribution in [0.4, 0.5) is 0 Å². The highest BCUT2D eigenvalue weighted by Crippen LogP contribution is 2.00. The van der Waals surface area contributed by atoms with E-state index in [9.17, 15) is 0 Å². The van der Waals surface area contributed by atoms with Gasteiger partial charge in [0.15, 0.2) is 0 Å². The summed E-state index contributed by atoms with van der Waals surface area (Å²) in [4.78, 5) is 6.51. The van der Waals surface area contributed by atoms with Gasteiger partial charge in [-0.25, -0.2) is 0 Å². The van der Waals surface area contributed by atoms with Crippen LogP contribution in [0.3, 0.4) is 0 Å². The van der Waals surface area contributed by atoms with Crippen molar-refractivity contribution in [2.24, 2.45) is 10.7 Å². The molecule has 14 heavy (non-hydrogen) atoms. The molecule has 0 aromatic heterocycles. The van der Waals surface area contributed by atoms with Gasteiger partial charge in [-0.1, -0.05) is 20.3 Å². The van der Waals surface area contributed by atoms with Gasteiger partial charge >= 0.3 is 0 Å². The predicted molar refractivity (Wildman–Crippen MR) is 63.5 cm³/mol. The molecule has 3 heteroatoms. The number of amidine groups is 1. The zero-order chi connectivity index (χ0) is 10.8. The van der Waals surface area contributed by atoms with Crippen LogP contribution in [0.2, 0.25) is 0 Å². The summed E-state index contributed by atoms with van der Waals surface area (Å²) in [7, 11) is 1.81. The molecule has 0 amide bonds. The quantitative estimate of drug-likeness (QED) is 0.522. The van der Waals surface area contributed by atoms with Crippen molar-refractivity contribution in [3.05, 3.63) is 12.3 Å². The van der Waals surface area contributed by atoms with Crippen molar-refractivity contribution < 1.29 is 0 Å². The van der Waals surface area contributed by atoms with E-state index in [-0.39, 0.29) is 0 Å². The van der Waals surface area contributed by atoms with E-state index >= 15 is 0 Å². The smallest absolute Gasteiger partial charge is 0.124 e. The number of nitrogens with zero attached hydrogens (tertiary/aromatic N) is 2. The maximum atomic E-state index is 5.38. The minimum Gasteiger partial charge on any atom is -0.404 e. The molecular formula is C11H23N3. The molecule has 0 bridgehead atoms. The van der Waals surface area contributed by atoms with Gasteiger partial charge in [0.05, 0.1) is 0 Å². The molecule has 3 nitrogen and oxygen atoms in total. The minimum absolute atomic E-state index is 0.989. The summed E-state index contributed by atoms with van der Waals surface area (Å²) in [5.41, 5.74) is 5.38. The van der Waals surface area contributed by atoms with E-state index in [4.69, 9.17) is 5.73 Å². The second-order valence-electron chi connectivity index (χ2n) is 3.28. The Morgan fingerprint density at radius 2 is 2.00 bits per heavy atom. The molecular weight excluding hydrogens is 174 g/mol. The van der Waals surface area contributed by atoms with Crippen LogP contribution < -0.4 is 5.73 Å². The highest BCUT2D eigenvalue weighted by molar-refractivity contribution is 5.92. The van der Waals surface area contributed by atoms with Gasteiger partial charge in [-0.3, -0.25) is 4.99 Å². The summed E-state index contributed by atoms with van der Waals surface area (Å²) in [6.07, 6.45) is 6.98. The molecule has 0 aliphatic heterocycles. The summed E-state index contributed by atoms with van der Waals surface area (Å²) < 4.78 is 0. The van der Waals surface area contributed by atoms with Crippen molar-refractivity contribution in [3.63, 3.8) is 0 Å². The van der Waals surface area contributed by atoms with Crippen LogP contribution >= 0.6 is 0 Å². The fraction of sp³-hybridized carbons (Fsp3) is 0.727. The molecule has 0 aliphatic rings.